The van der Waals surface area contributed by atoms with Gasteiger partial charge in [-0.3, -0.25) is 0 Å². The molecule has 2 rings (SSSR count). The summed E-state index contributed by atoms with van der Waals surface area (Å²) in [6.45, 7) is -0.272. The predicted octanol–water partition coefficient (Wildman–Crippen LogP) is 2.00. The fraction of sp³-hybridized carbons (Fsp3) is 0.400. The molecule has 0 spiro atoms. The van der Waals surface area contributed by atoms with Crippen LogP contribution in [0.25, 0.3) is 0 Å². The maximum absolute atomic E-state index is 12.6. The molecule has 0 aromatic heterocycles. The number of fused-ring (bicyclic) bond motifs is 1. The van der Waals surface area contributed by atoms with Crippen molar-refractivity contribution in [1.82, 2.24) is 0 Å². The van der Waals surface area contributed by atoms with E-state index in [0.29, 0.717) is 0 Å². The average molecular weight is 218 g/mol. The summed E-state index contributed by atoms with van der Waals surface area (Å²) in [5, 5.41) is 8.83. The van der Waals surface area contributed by atoms with E-state index in [2.05, 4.69) is 0 Å². The fourth-order valence-electron chi connectivity index (χ4n) is 1.70. The first-order valence-corrected chi connectivity index (χ1v) is 4.49. The summed E-state index contributed by atoms with van der Waals surface area (Å²) in [6, 6.07) is 3.82. The van der Waals surface area contributed by atoms with Crippen molar-refractivity contribution in [2.45, 2.75) is 18.7 Å². The van der Waals surface area contributed by atoms with E-state index in [9.17, 15) is 13.2 Å². The quantitative estimate of drug-likeness (QED) is 0.781. The second kappa shape index (κ2) is 3.41. The smallest absolute Gasteiger partial charge is 0.416 e. The largest absolute Gasteiger partial charge is 0.487 e. The number of aliphatic hydroxyl groups is 1. The molecule has 2 nitrogen and oxygen atoms in total. The Morgan fingerprint density at radius 2 is 2.13 bits per heavy atom. The van der Waals surface area contributed by atoms with Crippen molar-refractivity contribution in [3.05, 3.63) is 29.3 Å². The van der Waals surface area contributed by atoms with Crippen LogP contribution in [-0.2, 0) is 12.6 Å². The minimum absolute atomic E-state index is 0.113. The molecule has 1 aliphatic heterocycles. The molecule has 0 bridgehead atoms. The standard InChI is InChI=1S/C10H9F3O2/c11-10(12,13)8-2-1-3-9-7(8)4-6(5-14)15-9/h1-3,6,14H,4-5H2. The Morgan fingerprint density at radius 1 is 1.40 bits per heavy atom. The average Bonchev–Trinajstić information content (AvgIpc) is 2.57. The molecule has 0 amide bonds. The Balaban J connectivity index is 2.42. The van der Waals surface area contributed by atoms with Crippen LogP contribution in [0.1, 0.15) is 11.1 Å². The molecule has 0 aliphatic carbocycles. The Hall–Kier alpha value is -1.23. The van der Waals surface area contributed by atoms with Gasteiger partial charge in [-0.15, -0.1) is 0 Å². The van der Waals surface area contributed by atoms with Gasteiger partial charge >= 0.3 is 6.18 Å². The lowest BCUT2D eigenvalue weighted by molar-refractivity contribution is -0.138. The molecule has 0 radical (unpaired) electrons. The molecule has 82 valence electrons. The van der Waals surface area contributed by atoms with Gasteiger partial charge in [-0.1, -0.05) is 6.07 Å². The molecule has 5 heteroatoms. The van der Waals surface area contributed by atoms with Gasteiger partial charge in [-0.2, -0.15) is 13.2 Å². The Bertz CT molecular complexity index is 373. The summed E-state index contributed by atoms with van der Waals surface area (Å²) >= 11 is 0. The summed E-state index contributed by atoms with van der Waals surface area (Å²) in [6.07, 6.45) is -4.80. The zero-order valence-electron chi connectivity index (χ0n) is 7.71. The van der Waals surface area contributed by atoms with E-state index in [4.69, 9.17) is 9.84 Å². The van der Waals surface area contributed by atoms with Crippen molar-refractivity contribution >= 4 is 0 Å². The van der Waals surface area contributed by atoms with Gasteiger partial charge in [-0.05, 0) is 12.1 Å². The van der Waals surface area contributed by atoms with Crippen LogP contribution >= 0.6 is 0 Å². The molecule has 1 N–H and O–H groups in total. The van der Waals surface area contributed by atoms with Gasteiger partial charge in [0.1, 0.15) is 11.9 Å². The lowest BCUT2D eigenvalue weighted by atomic mass is 10.0. The lowest BCUT2D eigenvalue weighted by Crippen LogP contribution is -2.17. The first-order valence-electron chi connectivity index (χ1n) is 4.49. The molecule has 1 aromatic carbocycles. The monoisotopic (exact) mass is 218 g/mol. The van der Waals surface area contributed by atoms with Crippen LogP contribution in [0.5, 0.6) is 5.75 Å². The number of aliphatic hydroxyl groups excluding tert-OH is 1. The molecular weight excluding hydrogens is 209 g/mol. The number of benzene rings is 1. The van der Waals surface area contributed by atoms with Gasteiger partial charge in [-0.25, -0.2) is 0 Å². The molecular formula is C10H9F3O2. The summed E-state index contributed by atoms with van der Waals surface area (Å²) < 4.78 is 42.8. The number of alkyl halides is 3. The Kier molecular flexibility index (Phi) is 2.34. The zero-order chi connectivity index (χ0) is 11.1. The highest BCUT2D eigenvalue weighted by molar-refractivity contribution is 5.44. The van der Waals surface area contributed by atoms with Gasteiger partial charge < -0.3 is 9.84 Å². The van der Waals surface area contributed by atoms with E-state index in [0.717, 1.165) is 6.07 Å². The molecule has 1 unspecified atom stereocenters. The summed E-state index contributed by atoms with van der Waals surface area (Å²) in [4.78, 5) is 0. The van der Waals surface area contributed by atoms with Gasteiger partial charge in [0.15, 0.2) is 0 Å². The highest BCUT2D eigenvalue weighted by Crippen LogP contribution is 2.39. The van der Waals surface area contributed by atoms with Crippen molar-refractivity contribution in [2.24, 2.45) is 0 Å². The van der Waals surface area contributed by atoms with E-state index in [1.165, 1.54) is 12.1 Å². The molecule has 1 heterocycles. The first kappa shape index (κ1) is 10.3. The van der Waals surface area contributed by atoms with E-state index in [1.54, 1.807) is 0 Å². The van der Waals surface area contributed by atoms with Gasteiger partial charge in [0, 0.05) is 12.0 Å². The van der Waals surface area contributed by atoms with Crippen LogP contribution in [0.2, 0.25) is 0 Å². The highest BCUT2D eigenvalue weighted by atomic mass is 19.4. The van der Waals surface area contributed by atoms with Crippen LogP contribution in [0.3, 0.4) is 0 Å². The van der Waals surface area contributed by atoms with Crippen molar-refractivity contribution < 1.29 is 23.0 Å². The van der Waals surface area contributed by atoms with Crippen LogP contribution in [0.15, 0.2) is 18.2 Å². The maximum atomic E-state index is 12.6. The predicted molar refractivity (Wildman–Crippen MR) is 46.6 cm³/mol. The minimum atomic E-state index is -4.36. The van der Waals surface area contributed by atoms with E-state index >= 15 is 0 Å². The van der Waals surface area contributed by atoms with E-state index < -0.39 is 17.8 Å². The SMILES string of the molecule is OCC1Cc2c(cccc2C(F)(F)F)O1. The normalized spacial score (nSPS) is 19.9. The Labute approximate surface area is 84.3 Å². The number of ether oxygens (including phenoxy) is 1. The van der Waals surface area contributed by atoms with Crippen LogP contribution in [-0.4, -0.2) is 17.8 Å². The van der Waals surface area contributed by atoms with E-state index in [1.807, 2.05) is 0 Å². The molecule has 0 saturated carbocycles. The Morgan fingerprint density at radius 3 is 2.73 bits per heavy atom. The third-order valence-electron chi connectivity index (χ3n) is 2.37. The third-order valence-corrected chi connectivity index (χ3v) is 2.37. The molecule has 0 saturated heterocycles. The van der Waals surface area contributed by atoms with Crippen LogP contribution in [0.4, 0.5) is 13.2 Å². The van der Waals surface area contributed by atoms with Crippen molar-refractivity contribution in [2.75, 3.05) is 6.61 Å². The topological polar surface area (TPSA) is 29.5 Å². The molecule has 1 atom stereocenters. The number of rotatable bonds is 1. The molecule has 1 aliphatic rings. The second-order valence-corrected chi connectivity index (χ2v) is 3.41. The van der Waals surface area contributed by atoms with Crippen LogP contribution < -0.4 is 4.74 Å². The highest BCUT2D eigenvalue weighted by Gasteiger charge is 2.37. The molecule has 0 fully saturated rings. The maximum Gasteiger partial charge on any atom is 0.416 e. The number of hydrogen-bond acceptors (Lipinski definition) is 2. The van der Waals surface area contributed by atoms with Crippen molar-refractivity contribution in [1.29, 1.82) is 0 Å². The van der Waals surface area contributed by atoms with Crippen molar-refractivity contribution in [3.63, 3.8) is 0 Å². The summed E-state index contributed by atoms with van der Waals surface area (Å²) in [5.74, 6) is 0.226. The zero-order valence-corrected chi connectivity index (χ0v) is 7.71. The summed E-state index contributed by atoms with van der Waals surface area (Å²) in [7, 11) is 0. The number of hydrogen-bond donors (Lipinski definition) is 1. The van der Waals surface area contributed by atoms with Gasteiger partial charge in [0.05, 0.1) is 12.2 Å². The van der Waals surface area contributed by atoms with Gasteiger partial charge in [0.25, 0.3) is 0 Å². The first-order chi connectivity index (χ1) is 7.02. The van der Waals surface area contributed by atoms with Crippen LogP contribution in [0, 0.1) is 0 Å². The van der Waals surface area contributed by atoms with E-state index in [-0.39, 0.29) is 24.3 Å². The molecule has 1 aromatic rings. The second-order valence-electron chi connectivity index (χ2n) is 3.41. The summed E-state index contributed by atoms with van der Waals surface area (Å²) in [5.41, 5.74) is -0.528. The number of halogens is 3. The van der Waals surface area contributed by atoms with Crippen molar-refractivity contribution in [3.8, 4) is 5.75 Å². The van der Waals surface area contributed by atoms with Gasteiger partial charge in [0.2, 0.25) is 0 Å². The fourth-order valence-corrected chi connectivity index (χ4v) is 1.70. The third kappa shape index (κ3) is 1.79. The lowest BCUT2D eigenvalue weighted by Gasteiger charge is -2.09. The molecule has 15 heavy (non-hydrogen) atoms. The minimum Gasteiger partial charge on any atom is -0.487 e.